The van der Waals surface area contributed by atoms with Gasteiger partial charge >= 0.3 is 0 Å². The Bertz CT molecular complexity index is 1360. The van der Waals surface area contributed by atoms with Crippen molar-refractivity contribution in [3.05, 3.63) is 80.6 Å². The number of rotatable bonds is 7. The minimum Gasteiger partial charge on any atom is -0.493 e. The zero-order valence-corrected chi connectivity index (χ0v) is 19.7. The van der Waals surface area contributed by atoms with Crippen LogP contribution in [-0.2, 0) is 6.54 Å². The molecule has 3 aromatic carbocycles. The van der Waals surface area contributed by atoms with Crippen LogP contribution in [-0.4, -0.2) is 31.0 Å². The van der Waals surface area contributed by atoms with E-state index in [0.29, 0.717) is 49.6 Å². The molecular formula is C24H21Cl2N3O4. The van der Waals surface area contributed by atoms with Gasteiger partial charge in [-0.3, -0.25) is 4.79 Å². The second kappa shape index (κ2) is 9.60. The molecule has 4 rings (SSSR count). The number of methoxy groups -OCH3 is 3. The summed E-state index contributed by atoms with van der Waals surface area (Å²) in [6.45, 7) is 0.271. The number of halogens is 2. The molecule has 0 amide bonds. The third-order valence-electron chi connectivity index (χ3n) is 5.14. The number of aromatic nitrogens is 2. The molecule has 170 valence electrons. The van der Waals surface area contributed by atoms with Gasteiger partial charge in [0.05, 0.1) is 38.8 Å². The van der Waals surface area contributed by atoms with E-state index in [2.05, 4.69) is 5.43 Å². The highest BCUT2D eigenvalue weighted by Crippen LogP contribution is 2.40. The zero-order chi connectivity index (χ0) is 23.5. The normalized spacial score (nSPS) is 10.8. The average Bonchev–Trinajstić information content (AvgIpc) is 2.83. The van der Waals surface area contributed by atoms with E-state index in [9.17, 15) is 4.79 Å². The standard InChI is InChI=1S/C24H21Cl2N3O4/c1-31-20-10-15(11-21(32-2)22(20)33-3)23-28-19-7-5-4-6-17(19)24(30)29(23)27-13-14-8-9-16(25)12-18(14)26/h4-12,27H,13H2,1-3H3. The van der Waals surface area contributed by atoms with Crippen LogP contribution in [0.1, 0.15) is 5.56 Å². The van der Waals surface area contributed by atoms with Crippen molar-refractivity contribution in [2.75, 3.05) is 26.8 Å². The second-order valence-electron chi connectivity index (χ2n) is 7.08. The SMILES string of the molecule is COc1cc(-c2nc3ccccc3c(=O)n2NCc2ccc(Cl)cc2Cl)cc(OC)c1OC. The molecule has 33 heavy (non-hydrogen) atoms. The molecule has 0 spiro atoms. The lowest BCUT2D eigenvalue weighted by molar-refractivity contribution is 0.324. The number of fused-ring (bicyclic) bond motifs is 1. The molecule has 9 heteroatoms. The van der Waals surface area contributed by atoms with E-state index in [1.165, 1.54) is 26.0 Å². The molecule has 4 aromatic rings. The number of nitrogens with zero attached hydrogens (tertiary/aromatic N) is 2. The Kier molecular flexibility index (Phi) is 6.62. The highest BCUT2D eigenvalue weighted by Gasteiger charge is 2.19. The van der Waals surface area contributed by atoms with Crippen molar-refractivity contribution >= 4 is 34.1 Å². The number of hydrogen-bond donors (Lipinski definition) is 1. The largest absolute Gasteiger partial charge is 0.493 e. The summed E-state index contributed by atoms with van der Waals surface area (Å²) in [7, 11) is 4.59. The fraction of sp³-hybridized carbons (Fsp3) is 0.167. The predicted octanol–water partition coefficient (Wildman–Crippen LogP) is 5.14. The number of para-hydroxylation sites is 1. The molecule has 0 unspecified atom stereocenters. The predicted molar refractivity (Wildman–Crippen MR) is 131 cm³/mol. The Morgan fingerprint density at radius 3 is 2.27 bits per heavy atom. The fourth-order valence-corrected chi connectivity index (χ4v) is 3.99. The van der Waals surface area contributed by atoms with Crippen LogP contribution in [0.3, 0.4) is 0 Å². The van der Waals surface area contributed by atoms with Crippen LogP contribution < -0.4 is 25.2 Å². The highest BCUT2D eigenvalue weighted by atomic mass is 35.5. The van der Waals surface area contributed by atoms with E-state index in [1.807, 2.05) is 6.07 Å². The zero-order valence-electron chi connectivity index (χ0n) is 18.2. The van der Waals surface area contributed by atoms with Crippen molar-refractivity contribution in [2.45, 2.75) is 6.54 Å². The minimum absolute atomic E-state index is 0.255. The van der Waals surface area contributed by atoms with Gasteiger partial charge in [-0.25, -0.2) is 9.66 Å². The third kappa shape index (κ3) is 4.42. The summed E-state index contributed by atoms with van der Waals surface area (Å²) in [4.78, 5) is 18.2. The van der Waals surface area contributed by atoms with Gasteiger partial charge in [0, 0.05) is 15.6 Å². The molecule has 0 aliphatic carbocycles. The van der Waals surface area contributed by atoms with E-state index in [-0.39, 0.29) is 12.1 Å². The lowest BCUT2D eigenvalue weighted by atomic mass is 10.1. The van der Waals surface area contributed by atoms with Crippen LogP contribution >= 0.6 is 23.2 Å². The van der Waals surface area contributed by atoms with Gasteiger partial charge in [0.2, 0.25) is 5.75 Å². The third-order valence-corrected chi connectivity index (χ3v) is 5.73. The molecule has 0 saturated carbocycles. The van der Waals surface area contributed by atoms with Crippen molar-refractivity contribution in [3.8, 4) is 28.6 Å². The first-order chi connectivity index (χ1) is 16.0. The molecule has 0 atom stereocenters. The minimum atomic E-state index is -0.255. The molecular weight excluding hydrogens is 465 g/mol. The maximum absolute atomic E-state index is 13.4. The topological polar surface area (TPSA) is 74.6 Å². The van der Waals surface area contributed by atoms with Gasteiger partial charge in [-0.2, -0.15) is 0 Å². The molecule has 0 fully saturated rings. The number of nitrogens with one attached hydrogen (secondary N) is 1. The summed E-state index contributed by atoms with van der Waals surface area (Å²) >= 11 is 12.3. The van der Waals surface area contributed by atoms with Crippen LogP contribution in [0.5, 0.6) is 17.2 Å². The Labute approximate surface area is 200 Å². The molecule has 0 saturated heterocycles. The number of hydrogen-bond acceptors (Lipinski definition) is 6. The molecule has 0 bridgehead atoms. The van der Waals surface area contributed by atoms with Crippen molar-refractivity contribution in [1.82, 2.24) is 9.66 Å². The second-order valence-corrected chi connectivity index (χ2v) is 7.92. The lowest BCUT2D eigenvalue weighted by Gasteiger charge is -2.18. The molecule has 0 radical (unpaired) electrons. The van der Waals surface area contributed by atoms with Gasteiger partial charge in [-0.05, 0) is 42.0 Å². The summed E-state index contributed by atoms with van der Waals surface area (Å²) in [6.07, 6.45) is 0. The smallest absolute Gasteiger partial charge is 0.280 e. The van der Waals surface area contributed by atoms with Gasteiger partial charge in [0.25, 0.3) is 5.56 Å². The van der Waals surface area contributed by atoms with Crippen LogP contribution in [0.2, 0.25) is 10.0 Å². The summed E-state index contributed by atoms with van der Waals surface area (Å²) in [5.74, 6) is 1.71. The van der Waals surface area contributed by atoms with Gasteiger partial charge in [-0.15, -0.1) is 0 Å². The first-order valence-electron chi connectivity index (χ1n) is 9.96. The highest BCUT2D eigenvalue weighted by molar-refractivity contribution is 6.35. The molecule has 7 nitrogen and oxygen atoms in total. The molecule has 1 N–H and O–H groups in total. The Morgan fingerprint density at radius 1 is 0.939 bits per heavy atom. The van der Waals surface area contributed by atoms with Gasteiger partial charge in [-0.1, -0.05) is 41.4 Å². The van der Waals surface area contributed by atoms with Crippen molar-refractivity contribution < 1.29 is 14.2 Å². The van der Waals surface area contributed by atoms with Gasteiger partial charge in [0.1, 0.15) is 0 Å². The van der Waals surface area contributed by atoms with E-state index >= 15 is 0 Å². The maximum Gasteiger partial charge on any atom is 0.280 e. The summed E-state index contributed by atoms with van der Waals surface area (Å²) in [5.41, 5.74) is 4.84. The fourth-order valence-electron chi connectivity index (χ4n) is 3.51. The number of benzene rings is 3. The van der Waals surface area contributed by atoms with E-state index < -0.39 is 0 Å². The maximum atomic E-state index is 13.4. The van der Waals surface area contributed by atoms with E-state index in [4.69, 9.17) is 42.4 Å². The van der Waals surface area contributed by atoms with Crippen LogP contribution in [0.4, 0.5) is 0 Å². The molecule has 0 aliphatic heterocycles. The quantitative estimate of drug-likeness (QED) is 0.390. The Hall–Kier alpha value is -3.42. The Morgan fingerprint density at radius 2 is 1.64 bits per heavy atom. The molecule has 1 heterocycles. The molecule has 1 aromatic heterocycles. The van der Waals surface area contributed by atoms with E-state index in [0.717, 1.165) is 5.56 Å². The monoisotopic (exact) mass is 485 g/mol. The Balaban J connectivity index is 1.90. The summed E-state index contributed by atoms with van der Waals surface area (Å²) in [6, 6.07) is 15.8. The first-order valence-corrected chi connectivity index (χ1v) is 10.7. The average molecular weight is 486 g/mol. The summed E-state index contributed by atoms with van der Waals surface area (Å²) in [5, 5.41) is 1.50. The van der Waals surface area contributed by atoms with Crippen molar-refractivity contribution in [2.24, 2.45) is 0 Å². The lowest BCUT2D eigenvalue weighted by Crippen LogP contribution is -2.31. The molecule has 0 aliphatic rings. The van der Waals surface area contributed by atoms with Crippen LogP contribution in [0, 0.1) is 0 Å². The summed E-state index contributed by atoms with van der Waals surface area (Å²) < 4.78 is 17.8. The first kappa shape index (κ1) is 22.8. The number of ether oxygens (including phenoxy) is 3. The van der Waals surface area contributed by atoms with Crippen molar-refractivity contribution in [3.63, 3.8) is 0 Å². The van der Waals surface area contributed by atoms with E-state index in [1.54, 1.807) is 48.5 Å². The van der Waals surface area contributed by atoms with Crippen LogP contribution in [0.15, 0.2) is 59.4 Å². The van der Waals surface area contributed by atoms with Crippen molar-refractivity contribution in [1.29, 1.82) is 0 Å². The van der Waals surface area contributed by atoms with Gasteiger partial charge in [0.15, 0.2) is 17.3 Å². The van der Waals surface area contributed by atoms with Gasteiger partial charge < -0.3 is 19.6 Å². The van der Waals surface area contributed by atoms with Crippen LogP contribution in [0.25, 0.3) is 22.3 Å².